The number of hydrogen-bond donors (Lipinski definition) is 2. The second-order valence-electron chi connectivity index (χ2n) is 4.66. The standard InChI is InChI=1S/C14H21NO3/c1-9-5-6-13(18-4)12(7-9)14(17)15-10(2)8-11(3)16/h5-7,10-11,16H,8H2,1-4H3,(H,15,17). The van der Waals surface area contributed by atoms with Gasteiger partial charge in [-0.25, -0.2) is 0 Å². The van der Waals surface area contributed by atoms with E-state index in [1.54, 1.807) is 26.2 Å². The lowest BCUT2D eigenvalue weighted by Crippen LogP contribution is -2.34. The highest BCUT2D eigenvalue weighted by atomic mass is 16.5. The molecule has 0 aromatic heterocycles. The van der Waals surface area contributed by atoms with Crippen LogP contribution in [0.25, 0.3) is 0 Å². The van der Waals surface area contributed by atoms with Gasteiger partial charge >= 0.3 is 0 Å². The van der Waals surface area contributed by atoms with Gasteiger partial charge in [0.05, 0.1) is 18.8 Å². The Morgan fingerprint density at radius 3 is 2.67 bits per heavy atom. The molecule has 0 bridgehead atoms. The Kier molecular flexibility index (Phi) is 5.16. The summed E-state index contributed by atoms with van der Waals surface area (Å²) in [5.74, 6) is 0.381. The SMILES string of the molecule is COc1ccc(C)cc1C(=O)NC(C)CC(C)O. The number of rotatable bonds is 5. The molecule has 4 nitrogen and oxygen atoms in total. The highest BCUT2D eigenvalue weighted by molar-refractivity contribution is 5.97. The molecule has 0 heterocycles. The minimum atomic E-state index is -0.431. The van der Waals surface area contributed by atoms with E-state index >= 15 is 0 Å². The third-order valence-corrected chi connectivity index (χ3v) is 2.67. The second-order valence-corrected chi connectivity index (χ2v) is 4.66. The van der Waals surface area contributed by atoms with E-state index in [1.165, 1.54) is 0 Å². The molecule has 0 aliphatic rings. The summed E-state index contributed by atoms with van der Waals surface area (Å²) in [5, 5.41) is 12.1. The van der Waals surface area contributed by atoms with Crippen molar-refractivity contribution in [2.45, 2.75) is 39.3 Å². The van der Waals surface area contributed by atoms with E-state index in [-0.39, 0.29) is 11.9 Å². The van der Waals surface area contributed by atoms with E-state index in [2.05, 4.69) is 5.32 Å². The maximum atomic E-state index is 12.1. The Labute approximate surface area is 108 Å². The minimum absolute atomic E-state index is 0.0808. The van der Waals surface area contributed by atoms with Gasteiger partial charge in [0, 0.05) is 6.04 Å². The summed E-state index contributed by atoms with van der Waals surface area (Å²) in [4.78, 5) is 12.1. The van der Waals surface area contributed by atoms with Crippen LogP contribution < -0.4 is 10.1 Å². The van der Waals surface area contributed by atoms with Crippen LogP contribution in [-0.4, -0.2) is 30.3 Å². The zero-order valence-corrected chi connectivity index (χ0v) is 11.4. The largest absolute Gasteiger partial charge is 0.496 e. The first-order valence-corrected chi connectivity index (χ1v) is 6.07. The first-order chi connectivity index (χ1) is 8.43. The van der Waals surface area contributed by atoms with Gasteiger partial charge in [-0.3, -0.25) is 4.79 Å². The fraction of sp³-hybridized carbons (Fsp3) is 0.500. The third kappa shape index (κ3) is 4.04. The predicted octanol–water partition coefficient (Wildman–Crippen LogP) is 1.89. The van der Waals surface area contributed by atoms with Crippen molar-refractivity contribution in [3.8, 4) is 5.75 Å². The molecule has 2 unspecified atom stereocenters. The lowest BCUT2D eigenvalue weighted by molar-refractivity contribution is 0.0920. The molecule has 0 saturated carbocycles. The molecule has 0 aliphatic heterocycles. The van der Waals surface area contributed by atoms with Crippen molar-refractivity contribution in [1.29, 1.82) is 0 Å². The molecular weight excluding hydrogens is 230 g/mol. The van der Waals surface area contributed by atoms with Crippen molar-refractivity contribution in [3.05, 3.63) is 29.3 Å². The van der Waals surface area contributed by atoms with Crippen LogP contribution >= 0.6 is 0 Å². The number of hydrogen-bond acceptors (Lipinski definition) is 3. The smallest absolute Gasteiger partial charge is 0.255 e. The fourth-order valence-corrected chi connectivity index (χ4v) is 1.87. The average Bonchev–Trinajstić information content (AvgIpc) is 2.27. The molecule has 18 heavy (non-hydrogen) atoms. The Morgan fingerprint density at radius 2 is 2.11 bits per heavy atom. The van der Waals surface area contributed by atoms with Gasteiger partial charge in [-0.2, -0.15) is 0 Å². The van der Waals surface area contributed by atoms with Crippen molar-refractivity contribution in [3.63, 3.8) is 0 Å². The number of aliphatic hydroxyl groups is 1. The van der Waals surface area contributed by atoms with Gasteiger partial charge in [0.2, 0.25) is 0 Å². The maximum absolute atomic E-state index is 12.1. The number of aliphatic hydroxyl groups excluding tert-OH is 1. The third-order valence-electron chi connectivity index (χ3n) is 2.67. The number of carbonyl (C=O) groups excluding carboxylic acids is 1. The summed E-state index contributed by atoms with van der Waals surface area (Å²) in [5.41, 5.74) is 1.53. The summed E-state index contributed by atoms with van der Waals surface area (Å²) in [6.45, 7) is 5.50. The van der Waals surface area contributed by atoms with E-state index in [4.69, 9.17) is 4.74 Å². The van der Waals surface area contributed by atoms with Gasteiger partial charge < -0.3 is 15.2 Å². The molecule has 4 heteroatoms. The topological polar surface area (TPSA) is 58.6 Å². The summed E-state index contributed by atoms with van der Waals surface area (Å²) >= 11 is 0. The fourth-order valence-electron chi connectivity index (χ4n) is 1.87. The molecule has 0 fully saturated rings. The number of methoxy groups -OCH3 is 1. The lowest BCUT2D eigenvalue weighted by atomic mass is 10.1. The molecule has 0 radical (unpaired) electrons. The number of carbonyl (C=O) groups is 1. The Balaban J connectivity index is 2.80. The Bertz CT molecular complexity index is 416. The van der Waals surface area contributed by atoms with Crippen LogP contribution in [0.2, 0.25) is 0 Å². The zero-order chi connectivity index (χ0) is 13.7. The van der Waals surface area contributed by atoms with Gasteiger partial charge in [-0.1, -0.05) is 11.6 Å². The summed E-state index contributed by atoms with van der Waals surface area (Å²) in [6.07, 6.45) is 0.0968. The Morgan fingerprint density at radius 1 is 1.44 bits per heavy atom. The molecule has 100 valence electrons. The summed E-state index contributed by atoms with van der Waals surface area (Å²) in [6, 6.07) is 5.39. The van der Waals surface area contributed by atoms with Gasteiger partial charge in [0.25, 0.3) is 5.91 Å². The molecule has 2 N–H and O–H groups in total. The summed E-state index contributed by atoms with van der Waals surface area (Å²) < 4.78 is 5.17. The number of amides is 1. The number of aryl methyl sites for hydroxylation is 1. The molecule has 0 saturated heterocycles. The normalized spacial score (nSPS) is 13.8. The van der Waals surface area contributed by atoms with E-state index in [9.17, 15) is 9.90 Å². The molecule has 0 spiro atoms. The van der Waals surface area contributed by atoms with Crippen LogP contribution in [0.5, 0.6) is 5.75 Å². The van der Waals surface area contributed by atoms with Crippen molar-refractivity contribution in [2.75, 3.05) is 7.11 Å². The van der Waals surface area contributed by atoms with Gasteiger partial charge in [0.1, 0.15) is 5.75 Å². The predicted molar refractivity (Wildman–Crippen MR) is 71.0 cm³/mol. The first kappa shape index (κ1) is 14.5. The highest BCUT2D eigenvalue weighted by Crippen LogP contribution is 2.19. The van der Waals surface area contributed by atoms with Crippen molar-refractivity contribution < 1.29 is 14.6 Å². The molecule has 1 aromatic rings. The number of nitrogens with one attached hydrogen (secondary N) is 1. The average molecular weight is 251 g/mol. The van der Waals surface area contributed by atoms with Crippen molar-refractivity contribution in [1.82, 2.24) is 5.32 Å². The van der Waals surface area contributed by atoms with Gasteiger partial charge in [0.15, 0.2) is 0 Å². The van der Waals surface area contributed by atoms with Crippen LogP contribution in [0.3, 0.4) is 0 Å². The van der Waals surface area contributed by atoms with Crippen LogP contribution in [0.1, 0.15) is 36.2 Å². The van der Waals surface area contributed by atoms with E-state index in [0.29, 0.717) is 17.7 Å². The maximum Gasteiger partial charge on any atom is 0.255 e. The molecule has 0 aliphatic carbocycles. The van der Waals surface area contributed by atoms with Gasteiger partial charge in [-0.15, -0.1) is 0 Å². The first-order valence-electron chi connectivity index (χ1n) is 6.07. The lowest BCUT2D eigenvalue weighted by Gasteiger charge is -2.16. The molecular formula is C14H21NO3. The van der Waals surface area contributed by atoms with E-state index < -0.39 is 6.10 Å². The van der Waals surface area contributed by atoms with Crippen LogP contribution in [-0.2, 0) is 0 Å². The van der Waals surface area contributed by atoms with Crippen LogP contribution in [0.15, 0.2) is 18.2 Å². The highest BCUT2D eigenvalue weighted by Gasteiger charge is 2.15. The Hall–Kier alpha value is -1.55. The van der Waals surface area contributed by atoms with E-state index in [1.807, 2.05) is 19.9 Å². The second kappa shape index (κ2) is 6.40. The molecule has 2 atom stereocenters. The number of ether oxygens (including phenoxy) is 1. The molecule has 1 rings (SSSR count). The van der Waals surface area contributed by atoms with Crippen LogP contribution in [0, 0.1) is 6.92 Å². The van der Waals surface area contributed by atoms with Crippen molar-refractivity contribution in [2.24, 2.45) is 0 Å². The van der Waals surface area contributed by atoms with Gasteiger partial charge in [-0.05, 0) is 39.3 Å². The quantitative estimate of drug-likeness (QED) is 0.840. The van der Waals surface area contributed by atoms with E-state index in [0.717, 1.165) is 5.56 Å². The molecule has 1 amide bonds. The monoisotopic (exact) mass is 251 g/mol. The summed E-state index contributed by atoms with van der Waals surface area (Å²) in [7, 11) is 1.54. The molecule has 1 aromatic carbocycles. The van der Waals surface area contributed by atoms with Crippen molar-refractivity contribution >= 4 is 5.91 Å². The zero-order valence-electron chi connectivity index (χ0n) is 11.4. The van der Waals surface area contributed by atoms with Crippen LogP contribution in [0.4, 0.5) is 0 Å². The minimum Gasteiger partial charge on any atom is -0.496 e. The number of benzene rings is 1.